The number of benzene rings is 3. The van der Waals surface area contributed by atoms with Gasteiger partial charge in [-0.1, -0.05) is 46.9 Å². The van der Waals surface area contributed by atoms with Crippen molar-refractivity contribution < 1.29 is 18.0 Å². The number of hydrogen-bond donors (Lipinski definition) is 1. The van der Waals surface area contributed by atoms with Crippen molar-refractivity contribution in [3.63, 3.8) is 0 Å². The fourth-order valence-electron chi connectivity index (χ4n) is 4.05. The number of sulfonamides is 1. The fourth-order valence-corrected chi connectivity index (χ4v) is 6.10. The molecule has 0 aliphatic rings. The van der Waals surface area contributed by atoms with Crippen LogP contribution in [0.5, 0.6) is 0 Å². The van der Waals surface area contributed by atoms with Gasteiger partial charge in [0.1, 0.15) is 12.6 Å². The van der Waals surface area contributed by atoms with Gasteiger partial charge in [-0.2, -0.15) is 0 Å². The van der Waals surface area contributed by atoms with E-state index in [4.69, 9.17) is 34.8 Å². The smallest absolute Gasteiger partial charge is 0.264 e. The Balaban J connectivity index is 2.10. The molecular weight excluding hydrogens is 605 g/mol. The third kappa shape index (κ3) is 8.16. The van der Waals surface area contributed by atoms with Crippen LogP contribution in [-0.2, 0) is 26.2 Å². The summed E-state index contributed by atoms with van der Waals surface area (Å²) < 4.78 is 28.9. The van der Waals surface area contributed by atoms with E-state index in [0.717, 1.165) is 15.4 Å². The number of carbonyl (C=O) groups excluding carboxylic acids is 2. The molecule has 0 saturated heterocycles. The molecule has 220 valence electrons. The third-order valence-electron chi connectivity index (χ3n) is 6.51. The zero-order valence-corrected chi connectivity index (χ0v) is 26.9. The molecule has 11 heteroatoms. The van der Waals surface area contributed by atoms with Crippen LogP contribution in [0.25, 0.3) is 0 Å². The molecule has 3 rings (SSSR count). The van der Waals surface area contributed by atoms with E-state index in [1.807, 2.05) is 34.6 Å². The first-order valence-corrected chi connectivity index (χ1v) is 15.5. The van der Waals surface area contributed by atoms with E-state index in [2.05, 4.69) is 5.32 Å². The van der Waals surface area contributed by atoms with Gasteiger partial charge in [0.15, 0.2) is 0 Å². The van der Waals surface area contributed by atoms with Crippen LogP contribution in [0.2, 0.25) is 15.1 Å². The molecule has 0 spiro atoms. The van der Waals surface area contributed by atoms with E-state index in [9.17, 15) is 18.0 Å². The average Bonchev–Trinajstić information content (AvgIpc) is 2.87. The minimum Gasteiger partial charge on any atom is -0.350 e. The summed E-state index contributed by atoms with van der Waals surface area (Å²) >= 11 is 18.9. The molecule has 1 N–H and O–H groups in total. The second-order valence-electron chi connectivity index (χ2n) is 10.9. The fraction of sp³-hybridized carbons (Fsp3) is 0.333. The van der Waals surface area contributed by atoms with Crippen molar-refractivity contribution in [3.05, 3.63) is 92.4 Å². The second-order valence-corrected chi connectivity index (χ2v) is 14.0. The first-order valence-electron chi connectivity index (χ1n) is 12.9. The first kappa shape index (κ1) is 32.7. The van der Waals surface area contributed by atoms with Crippen molar-refractivity contribution in [2.45, 2.75) is 64.6 Å². The predicted octanol–water partition coefficient (Wildman–Crippen LogP) is 6.79. The number of aryl methyl sites for hydroxylation is 2. The van der Waals surface area contributed by atoms with Gasteiger partial charge in [-0.3, -0.25) is 13.9 Å². The molecule has 0 aliphatic heterocycles. The largest absolute Gasteiger partial charge is 0.350 e. The zero-order valence-electron chi connectivity index (χ0n) is 23.8. The molecule has 0 aromatic heterocycles. The molecule has 0 radical (unpaired) electrons. The third-order valence-corrected chi connectivity index (χ3v) is 9.26. The maximum absolute atomic E-state index is 14.1. The molecule has 0 saturated carbocycles. The lowest BCUT2D eigenvalue weighted by Crippen LogP contribution is -2.54. The Morgan fingerprint density at radius 2 is 1.49 bits per heavy atom. The summed E-state index contributed by atoms with van der Waals surface area (Å²) in [5.41, 5.74) is 2.00. The van der Waals surface area contributed by atoms with Crippen molar-refractivity contribution in [2.75, 3.05) is 10.8 Å². The van der Waals surface area contributed by atoms with Crippen molar-refractivity contribution in [1.29, 1.82) is 0 Å². The highest BCUT2D eigenvalue weighted by Gasteiger charge is 2.34. The number of nitrogens with zero attached hydrogens (tertiary/aromatic N) is 2. The highest BCUT2D eigenvalue weighted by molar-refractivity contribution is 7.92. The first-order chi connectivity index (χ1) is 19.0. The van der Waals surface area contributed by atoms with Gasteiger partial charge < -0.3 is 10.2 Å². The van der Waals surface area contributed by atoms with Gasteiger partial charge in [0, 0.05) is 32.7 Å². The van der Waals surface area contributed by atoms with E-state index < -0.39 is 40.0 Å². The Morgan fingerprint density at radius 1 is 0.902 bits per heavy atom. The van der Waals surface area contributed by atoms with Gasteiger partial charge in [0.2, 0.25) is 11.8 Å². The zero-order chi connectivity index (χ0) is 30.7. The van der Waals surface area contributed by atoms with Crippen LogP contribution in [0.4, 0.5) is 5.69 Å². The van der Waals surface area contributed by atoms with E-state index in [-0.39, 0.29) is 11.4 Å². The molecule has 0 heterocycles. The summed E-state index contributed by atoms with van der Waals surface area (Å²) in [5, 5.41) is 3.90. The maximum atomic E-state index is 14.1. The van der Waals surface area contributed by atoms with Gasteiger partial charge in [0.25, 0.3) is 10.0 Å². The summed E-state index contributed by atoms with van der Waals surface area (Å²) in [6, 6.07) is 14.8. The van der Waals surface area contributed by atoms with Crippen LogP contribution >= 0.6 is 34.8 Å². The topological polar surface area (TPSA) is 86.8 Å². The van der Waals surface area contributed by atoms with E-state index in [0.29, 0.717) is 26.3 Å². The lowest BCUT2D eigenvalue weighted by atomic mass is 10.1. The molecule has 2 amide bonds. The predicted molar refractivity (Wildman–Crippen MR) is 166 cm³/mol. The Morgan fingerprint density at radius 3 is 2.02 bits per heavy atom. The summed E-state index contributed by atoms with van der Waals surface area (Å²) in [6.07, 6.45) is 0. The number of rotatable bonds is 9. The normalized spacial score (nSPS) is 12.5. The highest BCUT2D eigenvalue weighted by Crippen LogP contribution is 2.29. The molecule has 0 bridgehead atoms. The summed E-state index contributed by atoms with van der Waals surface area (Å²) in [7, 11) is -4.22. The van der Waals surface area contributed by atoms with Crippen molar-refractivity contribution in [3.8, 4) is 0 Å². The maximum Gasteiger partial charge on any atom is 0.264 e. The molecular formula is C30H34Cl3N3O4S. The van der Waals surface area contributed by atoms with Crippen LogP contribution < -0.4 is 9.62 Å². The molecule has 0 aliphatic carbocycles. The number of anilines is 1. The Labute approximate surface area is 257 Å². The average molecular weight is 639 g/mol. The molecule has 1 atom stereocenters. The van der Waals surface area contributed by atoms with Crippen molar-refractivity contribution >= 4 is 62.3 Å². The molecule has 3 aromatic rings. The van der Waals surface area contributed by atoms with E-state index in [1.165, 1.54) is 29.2 Å². The highest BCUT2D eigenvalue weighted by atomic mass is 35.5. The number of nitrogens with one attached hydrogen (secondary N) is 1. The SMILES string of the molecule is Cc1ccc(N(CC(=O)N(Cc2c(Cl)cccc2Cl)[C@H](C)C(=O)NC(C)(C)C)S(=O)(=O)c2ccc(Cl)cc2)cc1C. The molecule has 41 heavy (non-hydrogen) atoms. The lowest BCUT2D eigenvalue weighted by molar-refractivity contribution is -0.140. The van der Waals surface area contributed by atoms with Gasteiger partial charge in [-0.15, -0.1) is 0 Å². The molecule has 7 nitrogen and oxygen atoms in total. The van der Waals surface area contributed by atoms with Crippen LogP contribution in [0.3, 0.4) is 0 Å². The quantitative estimate of drug-likeness (QED) is 0.280. The van der Waals surface area contributed by atoms with Gasteiger partial charge in [0.05, 0.1) is 10.6 Å². The summed E-state index contributed by atoms with van der Waals surface area (Å²) in [6.45, 7) is 10.1. The van der Waals surface area contributed by atoms with Gasteiger partial charge in [-0.05, 0) is 101 Å². The van der Waals surface area contributed by atoms with Crippen LogP contribution in [0.1, 0.15) is 44.4 Å². The standard InChI is InChI=1S/C30H34Cl3N3O4S/c1-19-10-13-23(16-20(19)2)36(41(39,40)24-14-11-22(31)12-15-24)18-28(37)35(21(3)29(38)34-30(4,5)6)17-25-26(32)8-7-9-27(25)33/h7-16,21H,17-18H2,1-6H3,(H,34,38)/t21-/m1/s1. The van der Waals surface area contributed by atoms with Gasteiger partial charge in [-0.25, -0.2) is 8.42 Å². The van der Waals surface area contributed by atoms with E-state index in [1.54, 1.807) is 43.3 Å². The van der Waals surface area contributed by atoms with E-state index >= 15 is 0 Å². The number of carbonyl (C=O) groups is 2. The number of hydrogen-bond acceptors (Lipinski definition) is 4. The molecule has 0 fully saturated rings. The lowest BCUT2D eigenvalue weighted by Gasteiger charge is -2.34. The monoisotopic (exact) mass is 637 g/mol. The van der Waals surface area contributed by atoms with Crippen molar-refractivity contribution in [2.24, 2.45) is 0 Å². The Kier molecular flexibility index (Phi) is 10.4. The number of halogens is 3. The van der Waals surface area contributed by atoms with Crippen LogP contribution in [-0.4, -0.2) is 43.3 Å². The van der Waals surface area contributed by atoms with Crippen molar-refractivity contribution in [1.82, 2.24) is 10.2 Å². The number of amides is 2. The minimum absolute atomic E-state index is 0.0350. The summed E-state index contributed by atoms with van der Waals surface area (Å²) in [4.78, 5) is 28.6. The Hall–Kier alpha value is -2.78. The van der Waals surface area contributed by atoms with Crippen LogP contribution in [0, 0.1) is 13.8 Å². The molecule has 3 aromatic carbocycles. The Bertz CT molecular complexity index is 1520. The van der Waals surface area contributed by atoms with Crippen LogP contribution in [0.15, 0.2) is 65.6 Å². The second kappa shape index (κ2) is 13.0. The minimum atomic E-state index is -4.22. The summed E-state index contributed by atoms with van der Waals surface area (Å²) in [5.74, 6) is -1.03. The molecule has 0 unspecified atom stereocenters. The van der Waals surface area contributed by atoms with Gasteiger partial charge >= 0.3 is 0 Å².